The average Bonchev–Trinajstić information content (AvgIpc) is 3.56. The molecular weight excluding hydrogens is 532 g/mol. The maximum atomic E-state index is 12.9. The van der Waals surface area contributed by atoms with E-state index in [0.717, 1.165) is 35.6 Å². The van der Waals surface area contributed by atoms with Gasteiger partial charge in [-0.1, -0.05) is 18.7 Å². The van der Waals surface area contributed by atoms with E-state index in [1.54, 1.807) is 18.3 Å². The summed E-state index contributed by atoms with van der Waals surface area (Å²) in [6, 6.07) is 0.0992. The van der Waals surface area contributed by atoms with Gasteiger partial charge in [0.05, 0.1) is 25.5 Å². The van der Waals surface area contributed by atoms with Gasteiger partial charge < -0.3 is 14.8 Å². The fraction of sp³-hybridized carbons (Fsp3) is 0.480. The lowest BCUT2D eigenvalue weighted by atomic mass is 9.88. The van der Waals surface area contributed by atoms with Crippen LogP contribution in [0.15, 0.2) is 10.5 Å². The first-order valence-corrected chi connectivity index (χ1v) is 14.6. The van der Waals surface area contributed by atoms with Crippen molar-refractivity contribution in [1.82, 2.24) is 14.8 Å². The number of nitrogens with zero attached hydrogens (tertiary/aromatic N) is 3. The Labute approximate surface area is 228 Å². The van der Waals surface area contributed by atoms with Crippen molar-refractivity contribution in [2.24, 2.45) is 5.92 Å². The standard InChI is InChI=1S/C25H30N4O5S3/c1-12(2)29-21(16-10-35-17-9-13(3)7-8-15(16)17)27-28-25(29)36-11-18(30)26-22-19(23(31)33-5)14(4)20(37-22)24(32)34-6/h10,12-13H,7-9,11H2,1-6H3,(H,26,30). The van der Waals surface area contributed by atoms with Crippen molar-refractivity contribution in [2.75, 3.05) is 25.3 Å². The second-order valence-corrected chi connectivity index (χ2v) is 12.2. The molecule has 1 aliphatic carbocycles. The van der Waals surface area contributed by atoms with Crippen molar-refractivity contribution in [3.63, 3.8) is 0 Å². The van der Waals surface area contributed by atoms with Crippen molar-refractivity contribution in [1.29, 1.82) is 0 Å². The molecule has 0 aromatic carbocycles. The molecule has 1 N–H and O–H groups in total. The van der Waals surface area contributed by atoms with Crippen LogP contribution in [0.25, 0.3) is 11.4 Å². The van der Waals surface area contributed by atoms with Crippen molar-refractivity contribution in [3.05, 3.63) is 31.8 Å². The van der Waals surface area contributed by atoms with Crippen LogP contribution >= 0.6 is 34.4 Å². The number of fused-ring (bicyclic) bond motifs is 1. The Kier molecular flexibility index (Phi) is 8.39. The molecule has 3 heterocycles. The zero-order chi connectivity index (χ0) is 26.9. The van der Waals surface area contributed by atoms with Crippen LogP contribution < -0.4 is 5.32 Å². The van der Waals surface area contributed by atoms with Crippen LogP contribution in [0, 0.1) is 12.8 Å². The molecule has 12 heteroatoms. The Morgan fingerprint density at radius 2 is 1.95 bits per heavy atom. The lowest BCUT2D eigenvalue weighted by molar-refractivity contribution is -0.113. The summed E-state index contributed by atoms with van der Waals surface area (Å²) in [5.74, 6) is 0.0239. The summed E-state index contributed by atoms with van der Waals surface area (Å²) in [5, 5.41) is 14.8. The highest BCUT2D eigenvalue weighted by atomic mass is 32.2. The van der Waals surface area contributed by atoms with E-state index in [-0.39, 0.29) is 33.1 Å². The second kappa shape index (κ2) is 11.4. The van der Waals surface area contributed by atoms with E-state index in [4.69, 9.17) is 9.47 Å². The number of esters is 2. The molecule has 198 valence electrons. The van der Waals surface area contributed by atoms with Crippen molar-refractivity contribution in [3.8, 4) is 11.4 Å². The first-order chi connectivity index (χ1) is 17.7. The molecule has 0 spiro atoms. The molecule has 0 bridgehead atoms. The molecule has 1 unspecified atom stereocenters. The van der Waals surface area contributed by atoms with Crippen LogP contribution in [-0.2, 0) is 27.1 Å². The number of carbonyl (C=O) groups excluding carboxylic acids is 3. The number of methoxy groups -OCH3 is 2. The topological polar surface area (TPSA) is 112 Å². The van der Waals surface area contributed by atoms with Crippen LogP contribution in [0.2, 0.25) is 0 Å². The number of rotatable bonds is 8. The Hall–Kier alpha value is -2.70. The minimum absolute atomic E-state index is 0.0508. The number of thioether (sulfide) groups is 1. The molecule has 0 saturated heterocycles. The highest BCUT2D eigenvalue weighted by Gasteiger charge is 2.28. The number of hydrogen-bond acceptors (Lipinski definition) is 10. The van der Waals surface area contributed by atoms with Gasteiger partial charge >= 0.3 is 11.9 Å². The van der Waals surface area contributed by atoms with Gasteiger partial charge in [0.2, 0.25) is 5.91 Å². The highest BCUT2D eigenvalue weighted by Crippen LogP contribution is 2.39. The summed E-state index contributed by atoms with van der Waals surface area (Å²) >= 11 is 4.06. The third-order valence-electron chi connectivity index (χ3n) is 6.32. The van der Waals surface area contributed by atoms with E-state index in [1.165, 1.54) is 42.8 Å². The quantitative estimate of drug-likeness (QED) is 0.287. The molecule has 1 atom stereocenters. The average molecular weight is 563 g/mol. The molecule has 0 radical (unpaired) electrons. The zero-order valence-electron chi connectivity index (χ0n) is 21.7. The first-order valence-electron chi connectivity index (χ1n) is 11.9. The maximum Gasteiger partial charge on any atom is 0.348 e. The van der Waals surface area contributed by atoms with Gasteiger partial charge in [-0.15, -0.1) is 32.9 Å². The number of hydrogen-bond donors (Lipinski definition) is 1. The molecule has 37 heavy (non-hydrogen) atoms. The van der Waals surface area contributed by atoms with Crippen LogP contribution in [0.1, 0.15) is 69.3 Å². The third-order valence-corrected chi connectivity index (χ3v) is 9.50. The van der Waals surface area contributed by atoms with Gasteiger partial charge in [-0.2, -0.15) is 0 Å². The third kappa shape index (κ3) is 5.46. The molecule has 3 aromatic heterocycles. The molecule has 1 amide bonds. The van der Waals surface area contributed by atoms with Crippen LogP contribution in [-0.4, -0.2) is 52.6 Å². The van der Waals surface area contributed by atoms with E-state index >= 15 is 0 Å². The van der Waals surface area contributed by atoms with Gasteiger partial charge in [-0.05, 0) is 57.1 Å². The summed E-state index contributed by atoms with van der Waals surface area (Å²) in [6.07, 6.45) is 3.31. The normalized spacial score (nSPS) is 14.9. The van der Waals surface area contributed by atoms with E-state index in [1.807, 2.05) is 0 Å². The molecule has 0 aliphatic heterocycles. The Bertz CT molecular complexity index is 1340. The van der Waals surface area contributed by atoms with Gasteiger partial charge in [0.1, 0.15) is 9.88 Å². The van der Waals surface area contributed by atoms with E-state index in [0.29, 0.717) is 16.6 Å². The van der Waals surface area contributed by atoms with Crippen molar-refractivity contribution >= 4 is 57.3 Å². The number of anilines is 1. The molecular formula is C25H30N4O5S3. The Morgan fingerprint density at radius 1 is 1.22 bits per heavy atom. The highest BCUT2D eigenvalue weighted by molar-refractivity contribution is 7.99. The molecule has 4 rings (SSSR count). The van der Waals surface area contributed by atoms with Gasteiger partial charge in [0, 0.05) is 21.9 Å². The molecule has 1 aliphatic rings. The summed E-state index contributed by atoms with van der Waals surface area (Å²) < 4.78 is 11.7. The number of ether oxygens (including phenoxy) is 2. The minimum atomic E-state index is -0.635. The van der Waals surface area contributed by atoms with Gasteiger partial charge in [0.15, 0.2) is 11.0 Å². The predicted octanol–water partition coefficient (Wildman–Crippen LogP) is 5.39. The molecule has 3 aromatic rings. The SMILES string of the molecule is COC(=O)c1sc(NC(=O)CSc2nnc(-c3csc4c3CCC(C)C4)n2C(C)C)c(C(=O)OC)c1C. The molecule has 9 nitrogen and oxygen atoms in total. The monoisotopic (exact) mass is 562 g/mol. The maximum absolute atomic E-state index is 12.9. The van der Waals surface area contributed by atoms with E-state index < -0.39 is 11.9 Å². The Morgan fingerprint density at radius 3 is 2.62 bits per heavy atom. The smallest absolute Gasteiger partial charge is 0.348 e. The summed E-state index contributed by atoms with van der Waals surface area (Å²) in [5.41, 5.74) is 3.06. The van der Waals surface area contributed by atoms with Crippen LogP contribution in [0.5, 0.6) is 0 Å². The van der Waals surface area contributed by atoms with Gasteiger partial charge in [-0.3, -0.25) is 9.36 Å². The molecule has 0 fully saturated rings. The lowest BCUT2D eigenvalue weighted by Crippen LogP contribution is -2.16. The van der Waals surface area contributed by atoms with Gasteiger partial charge in [0.25, 0.3) is 0 Å². The van der Waals surface area contributed by atoms with Crippen molar-refractivity contribution < 1.29 is 23.9 Å². The lowest BCUT2D eigenvalue weighted by Gasteiger charge is -2.19. The largest absolute Gasteiger partial charge is 0.465 e. The van der Waals surface area contributed by atoms with Crippen molar-refractivity contribution in [2.45, 2.75) is 58.2 Å². The van der Waals surface area contributed by atoms with E-state index in [9.17, 15) is 14.4 Å². The fourth-order valence-corrected chi connectivity index (χ4v) is 7.66. The number of thiophene rings is 2. The Balaban J connectivity index is 1.54. The number of amides is 1. The minimum Gasteiger partial charge on any atom is -0.465 e. The number of carbonyl (C=O) groups is 3. The summed E-state index contributed by atoms with van der Waals surface area (Å²) in [6.45, 7) is 8.06. The zero-order valence-corrected chi connectivity index (χ0v) is 24.1. The molecule has 0 saturated carbocycles. The second-order valence-electron chi connectivity index (χ2n) is 9.25. The van der Waals surface area contributed by atoms with Gasteiger partial charge in [-0.25, -0.2) is 9.59 Å². The number of aromatic nitrogens is 3. The first kappa shape index (κ1) is 27.3. The number of nitrogens with one attached hydrogen (secondary N) is 1. The summed E-state index contributed by atoms with van der Waals surface area (Å²) in [4.78, 5) is 39.0. The van der Waals surface area contributed by atoms with Crippen LogP contribution in [0.3, 0.4) is 0 Å². The fourth-order valence-electron chi connectivity index (χ4n) is 4.42. The van der Waals surface area contributed by atoms with Crippen LogP contribution in [0.4, 0.5) is 5.00 Å². The summed E-state index contributed by atoms with van der Waals surface area (Å²) in [7, 11) is 2.51. The van der Waals surface area contributed by atoms with E-state index in [2.05, 4.69) is 46.2 Å². The predicted molar refractivity (Wildman–Crippen MR) is 146 cm³/mol.